The van der Waals surface area contributed by atoms with Crippen molar-refractivity contribution in [1.29, 1.82) is 0 Å². The minimum absolute atomic E-state index is 0.115. The van der Waals surface area contributed by atoms with E-state index in [9.17, 15) is 9.90 Å². The second-order valence-corrected chi connectivity index (χ2v) is 4.61. The van der Waals surface area contributed by atoms with Crippen LogP contribution >= 0.6 is 0 Å². The average Bonchev–Trinajstić information content (AvgIpc) is 2.38. The van der Waals surface area contributed by atoms with Gasteiger partial charge in [0.25, 0.3) is 0 Å². The SMILES string of the molecule is CC(C)C(O)CNC1CCCNC(=O)C1. The normalized spacial score (nSPS) is 24.8. The molecular weight excluding hydrogens is 192 g/mol. The Morgan fingerprint density at radius 3 is 3.00 bits per heavy atom. The number of carbonyl (C=O) groups is 1. The summed E-state index contributed by atoms with van der Waals surface area (Å²) in [5.74, 6) is 0.376. The van der Waals surface area contributed by atoms with Crippen molar-refractivity contribution in [2.75, 3.05) is 13.1 Å². The molecule has 1 saturated heterocycles. The summed E-state index contributed by atoms with van der Waals surface area (Å²) in [6, 6.07) is 0.223. The zero-order chi connectivity index (χ0) is 11.3. The second kappa shape index (κ2) is 6.08. The average molecular weight is 214 g/mol. The first-order chi connectivity index (χ1) is 7.09. The van der Waals surface area contributed by atoms with E-state index in [0.29, 0.717) is 13.0 Å². The zero-order valence-electron chi connectivity index (χ0n) is 9.62. The van der Waals surface area contributed by atoms with Crippen LogP contribution in [0, 0.1) is 5.92 Å². The number of aliphatic hydroxyl groups excluding tert-OH is 1. The van der Waals surface area contributed by atoms with Crippen LogP contribution in [0.2, 0.25) is 0 Å². The van der Waals surface area contributed by atoms with E-state index < -0.39 is 0 Å². The summed E-state index contributed by atoms with van der Waals surface area (Å²) >= 11 is 0. The number of hydrogen-bond donors (Lipinski definition) is 3. The van der Waals surface area contributed by atoms with Crippen molar-refractivity contribution in [2.24, 2.45) is 5.92 Å². The van der Waals surface area contributed by atoms with Crippen LogP contribution in [0.1, 0.15) is 33.1 Å². The minimum Gasteiger partial charge on any atom is -0.392 e. The summed E-state index contributed by atoms with van der Waals surface area (Å²) in [5, 5.41) is 15.7. The molecule has 88 valence electrons. The predicted molar refractivity (Wildman–Crippen MR) is 59.5 cm³/mol. The summed E-state index contributed by atoms with van der Waals surface area (Å²) in [5.41, 5.74) is 0. The first-order valence-corrected chi connectivity index (χ1v) is 5.77. The molecule has 2 atom stereocenters. The van der Waals surface area contributed by atoms with Gasteiger partial charge in [0.1, 0.15) is 0 Å². The number of carbonyl (C=O) groups excluding carboxylic acids is 1. The van der Waals surface area contributed by atoms with Crippen molar-refractivity contribution in [3.63, 3.8) is 0 Å². The molecule has 1 rings (SSSR count). The summed E-state index contributed by atoms with van der Waals surface area (Å²) < 4.78 is 0. The first-order valence-electron chi connectivity index (χ1n) is 5.77. The molecule has 0 aromatic carbocycles. The third-order valence-corrected chi connectivity index (χ3v) is 2.87. The number of amides is 1. The molecule has 1 heterocycles. The van der Waals surface area contributed by atoms with E-state index in [1.54, 1.807) is 0 Å². The molecule has 0 saturated carbocycles. The molecule has 1 aliphatic heterocycles. The fourth-order valence-corrected chi connectivity index (χ4v) is 1.67. The molecule has 3 N–H and O–H groups in total. The lowest BCUT2D eigenvalue weighted by Gasteiger charge is -2.20. The molecule has 0 radical (unpaired) electrons. The molecule has 0 bridgehead atoms. The maximum atomic E-state index is 11.3. The van der Waals surface area contributed by atoms with Crippen LogP contribution in [0.5, 0.6) is 0 Å². The monoisotopic (exact) mass is 214 g/mol. The maximum absolute atomic E-state index is 11.3. The highest BCUT2D eigenvalue weighted by atomic mass is 16.3. The van der Waals surface area contributed by atoms with Crippen LogP contribution in [-0.2, 0) is 4.79 Å². The highest BCUT2D eigenvalue weighted by Crippen LogP contribution is 2.07. The van der Waals surface area contributed by atoms with Crippen molar-refractivity contribution in [2.45, 2.75) is 45.3 Å². The van der Waals surface area contributed by atoms with E-state index >= 15 is 0 Å². The standard InChI is InChI=1S/C11H22N2O2/c1-8(2)10(14)7-13-9-4-3-5-12-11(15)6-9/h8-10,13-14H,3-7H2,1-2H3,(H,12,15). The Morgan fingerprint density at radius 1 is 1.60 bits per heavy atom. The number of nitrogens with one attached hydrogen (secondary N) is 2. The van der Waals surface area contributed by atoms with Crippen LogP contribution in [0.15, 0.2) is 0 Å². The Hall–Kier alpha value is -0.610. The Morgan fingerprint density at radius 2 is 2.33 bits per heavy atom. The van der Waals surface area contributed by atoms with Gasteiger partial charge in [0.2, 0.25) is 5.91 Å². The Labute approximate surface area is 91.4 Å². The molecule has 0 aromatic rings. The Balaban J connectivity index is 2.27. The van der Waals surface area contributed by atoms with Crippen molar-refractivity contribution < 1.29 is 9.90 Å². The van der Waals surface area contributed by atoms with E-state index in [4.69, 9.17) is 0 Å². The molecule has 1 fully saturated rings. The second-order valence-electron chi connectivity index (χ2n) is 4.61. The fourth-order valence-electron chi connectivity index (χ4n) is 1.67. The first kappa shape index (κ1) is 12.5. The summed E-state index contributed by atoms with van der Waals surface area (Å²) in [4.78, 5) is 11.3. The Kier molecular flexibility index (Phi) is 5.05. The number of hydrogen-bond acceptors (Lipinski definition) is 3. The highest BCUT2D eigenvalue weighted by molar-refractivity contribution is 5.76. The van der Waals surface area contributed by atoms with E-state index in [1.807, 2.05) is 13.8 Å². The van der Waals surface area contributed by atoms with Gasteiger partial charge in [0.05, 0.1) is 6.10 Å². The van der Waals surface area contributed by atoms with Crippen LogP contribution in [-0.4, -0.2) is 36.2 Å². The van der Waals surface area contributed by atoms with Gasteiger partial charge in [0, 0.05) is 25.6 Å². The van der Waals surface area contributed by atoms with Crippen LogP contribution in [0.3, 0.4) is 0 Å². The molecule has 15 heavy (non-hydrogen) atoms. The van der Waals surface area contributed by atoms with E-state index in [0.717, 1.165) is 19.4 Å². The largest absolute Gasteiger partial charge is 0.392 e. The third-order valence-electron chi connectivity index (χ3n) is 2.87. The van der Waals surface area contributed by atoms with Crippen molar-refractivity contribution in [3.8, 4) is 0 Å². The lowest BCUT2D eigenvalue weighted by Crippen LogP contribution is -2.39. The molecule has 0 spiro atoms. The minimum atomic E-state index is -0.323. The van der Waals surface area contributed by atoms with Gasteiger partial charge in [-0.3, -0.25) is 4.79 Å². The molecule has 1 aliphatic rings. The number of rotatable bonds is 4. The third kappa shape index (κ3) is 4.62. The van der Waals surface area contributed by atoms with Gasteiger partial charge in [-0.05, 0) is 18.8 Å². The van der Waals surface area contributed by atoms with E-state index in [1.165, 1.54) is 0 Å². The Bertz CT molecular complexity index is 207. The van der Waals surface area contributed by atoms with Crippen LogP contribution in [0.25, 0.3) is 0 Å². The lowest BCUT2D eigenvalue weighted by atomic mass is 10.1. The van der Waals surface area contributed by atoms with Gasteiger partial charge in [-0.1, -0.05) is 13.8 Å². The highest BCUT2D eigenvalue weighted by Gasteiger charge is 2.18. The van der Waals surface area contributed by atoms with Gasteiger partial charge < -0.3 is 15.7 Å². The smallest absolute Gasteiger partial charge is 0.221 e. The summed E-state index contributed by atoms with van der Waals surface area (Å²) in [7, 11) is 0. The van der Waals surface area contributed by atoms with Gasteiger partial charge in [-0.2, -0.15) is 0 Å². The van der Waals surface area contributed by atoms with Gasteiger partial charge in [-0.25, -0.2) is 0 Å². The zero-order valence-corrected chi connectivity index (χ0v) is 9.62. The van der Waals surface area contributed by atoms with Gasteiger partial charge in [0.15, 0.2) is 0 Å². The topological polar surface area (TPSA) is 61.4 Å². The molecule has 4 nitrogen and oxygen atoms in total. The molecular formula is C11H22N2O2. The summed E-state index contributed by atoms with van der Waals surface area (Å²) in [6.07, 6.45) is 2.23. The van der Waals surface area contributed by atoms with Crippen LogP contribution in [0.4, 0.5) is 0 Å². The molecule has 1 amide bonds. The van der Waals surface area contributed by atoms with Gasteiger partial charge >= 0.3 is 0 Å². The number of aliphatic hydroxyl groups is 1. The van der Waals surface area contributed by atoms with Crippen LogP contribution < -0.4 is 10.6 Å². The molecule has 2 unspecified atom stereocenters. The summed E-state index contributed by atoms with van der Waals surface area (Å²) in [6.45, 7) is 5.34. The quantitative estimate of drug-likeness (QED) is 0.629. The van der Waals surface area contributed by atoms with Gasteiger partial charge in [-0.15, -0.1) is 0 Å². The predicted octanol–water partition coefficient (Wildman–Crippen LogP) is 0.262. The maximum Gasteiger partial charge on any atom is 0.221 e. The van der Waals surface area contributed by atoms with E-state index in [2.05, 4.69) is 10.6 Å². The van der Waals surface area contributed by atoms with E-state index in [-0.39, 0.29) is 24.0 Å². The lowest BCUT2D eigenvalue weighted by molar-refractivity contribution is -0.121. The van der Waals surface area contributed by atoms with Crippen molar-refractivity contribution >= 4 is 5.91 Å². The molecule has 4 heteroatoms. The fraction of sp³-hybridized carbons (Fsp3) is 0.909. The molecule has 0 aromatic heterocycles. The molecule has 0 aliphatic carbocycles. The van der Waals surface area contributed by atoms with Crippen molar-refractivity contribution in [1.82, 2.24) is 10.6 Å². The van der Waals surface area contributed by atoms with Crippen molar-refractivity contribution in [3.05, 3.63) is 0 Å².